The van der Waals surface area contributed by atoms with E-state index >= 15 is 0 Å². The van der Waals surface area contributed by atoms with E-state index in [2.05, 4.69) is 55.4 Å². The summed E-state index contributed by atoms with van der Waals surface area (Å²) in [5, 5.41) is 0. The van der Waals surface area contributed by atoms with Crippen molar-refractivity contribution in [1.82, 2.24) is 4.90 Å². The Kier molecular flexibility index (Phi) is 4.26. The van der Waals surface area contributed by atoms with Crippen LogP contribution in [0, 0.1) is 5.92 Å². The highest BCUT2D eigenvalue weighted by Gasteiger charge is 2.47. The van der Waals surface area contributed by atoms with Gasteiger partial charge in [-0.05, 0) is 62.1 Å². The second kappa shape index (κ2) is 5.65. The van der Waals surface area contributed by atoms with Crippen molar-refractivity contribution in [3.8, 4) is 0 Å². The lowest BCUT2D eigenvalue weighted by Crippen LogP contribution is -2.42. The molecule has 2 saturated heterocycles. The smallest absolute Gasteiger partial charge is 0.0858 e. The molecule has 3 rings (SSSR count). The molecule has 0 amide bonds. The molecule has 0 saturated carbocycles. The van der Waals surface area contributed by atoms with E-state index in [9.17, 15) is 0 Å². The second-order valence-corrected chi connectivity index (χ2v) is 9.46. The van der Waals surface area contributed by atoms with Gasteiger partial charge >= 0.3 is 0 Å². The summed E-state index contributed by atoms with van der Waals surface area (Å²) in [6, 6.07) is 1.58. The van der Waals surface area contributed by atoms with Gasteiger partial charge in [-0.1, -0.05) is 19.9 Å². The summed E-state index contributed by atoms with van der Waals surface area (Å²) < 4.78 is 0.371. The van der Waals surface area contributed by atoms with Crippen LogP contribution in [-0.4, -0.2) is 39.6 Å². The lowest BCUT2D eigenvalue weighted by molar-refractivity contribution is 0.256. The second-order valence-electron chi connectivity index (χ2n) is 6.52. The number of hydrogen-bond acceptors (Lipinski definition) is 3. The minimum atomic E-state index is 0.371. The first-order valence-electron chi connectivity index (χ1n) is 7.85. The predicted molar refractivity (Wildman–Crippen MR) is 89.0 cm³/mol. The number of fused-ring (bicyclic) bond motifs is 2. The minimum absolute atomic E-state index is 0.371. The zero-order chi connectivity index (χ0) is 13.5. The fraction of sp³-hybridized carbons (Fsp3) is 0.875. The van der Waals surface area contributed by atoms with E-state index in [1.54, 1.807) is 5.57 Å². The molecule has 0 unspecified atom stereocenters. The topological polar surface area (TPSA) is 3.24 Å². The lowest BCUT2D eigenvalue weighted by Gasteiger charge is -2.45. The monoisotopic (exact) mass is 297 g/mol. The van der Waals surface area contributed by atoms with Crippen molar-refractivity contribution in [1.29, 1.82) is 0 Å². The lowest BCUT2D eigenvalue weighted by atomic mass is 9.91. The van der Waals surface area contributed by atoms with Gasteiger partial charge in [0.05, 0.1) is 4.08 Å². The molecule has 2 atom stereocenters. The molecular formula is C16H27NS2. The van der Waals surface area contributed by atoms with Crippen LogP contribution in [-0.2, 0) is 0 Å². The molecule has 0 spiro atoms. The van der Waals surface area contributed by atoms with Crippen molar-refractivity contribution < 1.29 is 0 Å². The molecule has 0 aromatic carbocycles. The average Bonchev–Trinajstić information content (AvgIpc) is 2.65. The first-order chi connectivity index (χ1) is 9.15. The summed E-state index contributed by atoms with van der Waals surface area (Å²) in [7, 11) is 2.37. The fourth-order valence-electron chi connectivity index (χ4n) is 4.06. The number of hydrogen-bond donors (Lipinski definition) is 0. The molecular weight excluding hydrogens is 270 g/mol. The summed E-state index contributed by atoms with van der Waals surface area (Å²) in [4.78, 5) is 2.69. The minimum Gasteiger partial charge on any atom is -0.297 e. The van der Waals surface area contributed by atoms with Gasteiger partial charge < -0.3 is 0 Å². The quantitative estimate of drug-likeness (QED) is 0.696. The maximum Gasteiger partial charge on any atom is 0.0858 e. The Morgan fingerprint density at radius 2 is 1.95 bits per heavy atom. The first-order valence-corrected chi connectivity index (χ1v) is 9.82. The highest BCUT2D eigenvalue weighted by Crippen LogP contribution is 2.55. The van der Waals surface area contributed by atoms with Crippen molar-refractivity contribution in [3.05, 3.63) is 11.6 Å². The molecule has 2 bridgehead atoms. The molecule has 3 aliphatic heterocycles. The summed E-state index contributed by atoms with van der Waals surface area (Å²) in [5.74, 6) is 3.43. The standard InChI is InChI=1S/C16H27NS2/c1-12(2)16(18-10-5-11-19-16)14-7-4-6-13-8-9-15(14)17(13)3/h7,12-13,15H,4-6,8-11H2,1-3H3/t13-,15-/m1/s1. The van der Waals surface area contributed by atoms with Crippen LogP contribution in [0.2, 0.25) is 0 Å². The molecule has 2 fully saturated rings. The normalized spacial score (nSPS) is 35.3. The Labute approximate surface area is 127 Å². The van der Waals surface area contributed by atoms with Crippen LogP contribution in [0.15, 0.2) is 11.6 Å². The number of thioether (sulfide) groups is 2. The van der Waals surface area contributed by atoms with Crippen LogP contribution >= 0.6 is 23.5 Å². The van der Waals surface area contributed by atoms with Crippen LogP contribution in [0.4, 0.5) is 0 Å². The predicted octanol–water partition coefficient (Wildman–Crippen LogP) is 4.39. The Morgan fingerprint density at radius 3 is 2.63 bits per heavy atom. The van der Waals surface area contributed by atoms with Crippen molar-refractivity contribution in [2.45, 2.75) is 62.1 Å². The van der Waals surface area contributed by atoms with E-state index in [0.717, 1.165) is 18.0 Å². The highest BCUT2D eigenvalue weighted by atomic mass is 32.2. The molecule has 0 radical (unpaired) electrons. The molecule has 0 N–H and O–H groups in total. The van der Waals surface area contributed by atoms with E-state index in [1.165, 1.54) is 43.6 Å². The fourth-order valence-corrected chi connectivity index (χ4v) is 7.70. The molecule has 0 aromatic rings. The summed E-state index contributed by atoms with van der Waals surface area (Å²) in [5.41, 5.74) is 1.78. The van der Waals surface area contributed by atoms with Gasteiger partial charge in [0.2, 0.25) is 0 Å². The third-order valence-corrected chi connectivity index (χ3v) is 9.11. The van der Waals surface area contributed by atoms with Gasteiger partial charge in [-0.2, -0.15) is 0 Å². The van der Waals surface area contributed by atoms with E-state index in [0.29, 0.717) is 4.08 Å². The van der Waals surface area contributed by atoms with Gasteiger partial charge in [0.25, 0.3) is 0 Å². The number of nitrogens with zero attached hydrogens (tertiary/aromatic N) is 1. The molecule has 3 heteroatoms. The highest BCUT2D eigenvalue weighted by molar-refractivity contribution is 8.19. The third kappa shape index (κ3) is 2.40. The van der Waals surface area contributed by atoms with Gasteiger partial charge in [-0.25, -0.2) is 0 Å². The van der Waals surface area contributed by atoms with Gasteiger partial charge in [0.15, 0.2) is 0 Å². The summed E-state index contributed by atoms with van der Waals surface area (Å²) >= 11 is 4.48. The Morgan fingerprint density at radius 1 is 1.21 bits per heavy atom. The molecule has 3 heterocycles. The third-order valence-electron chi connectivity index (χ3n) is 5.15. The van der Waals surface area contributed by atoms with Crippen molar-refractivity contribution in [2.75, 3.05) is 18.6 Å². The van der Waals surface area contributed by atoms with Crippen LogP contribution in [0.25, 0.3) is 0 Å². The van der Waals surface area contributed by atoms with Crippen molar-refractivity contribution in [3.63, 3.8) is 0 Å². The molecule has 3 aliphatic rings. The van der Waals surface area contributed by atoms with Gasteiger partial charge in [0.1, 0.15) is 0 Å². The Hall–Kier alpha value is 0.400. The Balaban J connectivity index is 1.94. The molecule has 1 nitrogen and oxygen atoms in total. The average molecular weight is 298 g/mol. The van der Waals surface area contributed by atoms with Crippen LogP contribution < -0.4 is 0 Å². The zero-order valence-electron chi connectivity index (χ0n) is 12.5. The van der Waals surface area contributed by atoms with Crippen LogP contribution in [0.3, 0.4) is 0 Å². The molecule has 19 heavy (non-hydrogen) atoms. The van der Waals surface area contributed by atoms with Crippen LogP contribution in [0.1, 0.15) is 46.0 Å². The largest absolute Gasteiger partial charge is 0.297 e. The van der Waals surface area contributed by atoms with E-state index in [-0.39, 0.29) is 0 Å². The number of likely N-dealkylation sites (N-methyl/N-ethyl adjacent to an activating group) is 1. The SMILES string of the molecule is CC(C)C1(C2=CCC[C@@H]3CC[C@H]2N3C)SCCCS1. The number of rotatable bonds is 2. The zero-order valence-corrected chi connectivity index (χ0v) is 14.2. The summed E-state index contributed by atoms with van der Waals surface area (Å²) in [6.07, 6.45) is 9.51. The van der Waals surface area contributed by atoms with E-state index < -0.39 is 0 Å². The molecule has 0 aromatic heterocycles. The molecule has 108 valence electrons. The maximum atomic E-state index is 2.69. The first kappa shape index (κ1) is 14.3. The van der Waals surface area contributed by atoms with Crippen LogP contribution in [0.5, 0.6) is 0 Å². The maximum absolute atomic E-state index is 2.69. The van der Waals surface area contributed by atoms with Gasteiger partial charge in [-0.15, -0.1) is 23.5 Å². The van der Waals surface area contributed by atoms with E-state index in [4.69, 9.17) is 0 Å². The van der Waals surface area contributed by atoms with Crippen molar-refractivity contribution >= 4 is 23.5 Å². The summed E-state index contributed by atoms with van der Waals surface area (Å²) in [6.45, 7) is 4.87. The van der Waals surface area contributed by atoms with E-state index in [1.807, 2.05) is 0 Å². The van der Waals surface area contributed by atoms with Gasteiger partial charge in [-0.3, -0.25) is 4.90 Å². The number of allylic oxidation sites excluding steroid dienone is 1. The Bertz CT molecular complexity index is 358. The van der Waals surface area contributed by atoms with Gasteiger partial charge in [0, 0.05) is 12.1 Å². The van der Waals surface area contributed by atoms with Crippen molar-refractivity contribution in [2.24, 2.45) is 5.92 Å². The molecule has 0 aliphatic carbocycles.